The highest BCUT2D eigenvalue weighted by atomic mass is 79.9. The SMILES string of the molecule is CC[C@H](C)NC(=O)[C@@H](C)N(Cc1ccc(Br)cc1)C(=O)CN(c1ccc(C)c(Cl)c1)S(C)(=O)=O. The average molecular weight is 573 g/mol. The van der Waals surface area contributed by atoms with Crippen LogP contribution < -0.4 is 9.62 Å². The molecule has 0 saturated heterocycles. The van der Waals surface area contributed by atoms with Crippen molar-refractivity contribution in [2.75, 3.05) is 17.1 Å². The lowest BCUT2D eigenvalue weighted by molar-refractivity contribution is -0.139. The highest BCUT2D eigenvalue weighted by Crippen LogP contribution is 2.25. The number of carbonyl (C=O) groups excluding carboxylic acids is 2. The van der Waals surface area contributed by atoms with Gasteiger partial charge in [0.15, 0.2) is 0 Å². The molecule has 0 aromatic heterocycles. The molecule has 0 aliphatic heterocycles. The molecule has 2 rings (SSSR count). The maximum Gasteiger partial charge on any atom is 0.244 e. The highest BCUT2D eigenvalue weighted by Gasteiger charge is 2.30. The van der Waals surface area contributed by atoms with Gasteiger partial charge in [0.1, 0.15) is 12.6 Å². The van der Waals surface area contributed by atoms with Gasteiger partial charge in [0, 0.05) is 22.1 Å². The molecule has 0 fully saturated rings. The molecule has 0 unspecified atom stereocenters. The van der Waals surface area contributed by atoms with Crippen LogP contribution in [-0.2, 0) is 26.2 Å². The Morgan fingerprint density at radius 3 is 2.26 bits per heavy atom. The second-order valence-electron chi connectivity index (χ2n) is 8.35. The number of halogens is 2. The van der Waals surface area contributed by atoms with Crippen LogP contribution in [0.15, 0.2) is 46.9 Å². The van der Waals surface area contributed by atoms with E-state index in [4.69, 9.17) is 11.6 Å². The Morgan fingerprint density at radius 2 is 1.74 bits per heavy atom. The van der Waals surface area contributed by atoms with Gasteiger partial charge >= 0.3 is 0 Å². The van der Waals surface area contributed by atoms with Crippen LogP contribution in [-0.4, -0.2) is 50.0 Å². The number of benzene rings is 2. The first kappa shape index (κ1) is 28.1. The highest BCUT2D eigenvalue weighted by molar-refractivity contribution is 9.10. The molecular weight excluding hydrogens is 542 g/mol. The van der Waals surface area contributed by atoms with Gasteiger partial charge in [0.05, 0.1) is 11.9 Å². The lowest BCUT2D eigenvalue weighted by atomic mass is 10.1. The van der Waals surface area contributed by atoms with Gasteiger partial charge in [0.25, 0.3) is 0 Å². The Balaban J connectivity index is 2.39. The van der Waals surface area contributed by atoms with E-state index in [9.17, 15) is 18.0 Å². The van der Waals surface area contributed by atoms with E-state index >= 15 is 0 Å². The molecule has 7 nitrogen and oxygen atoms in total. The van der Waals surface area contributed by atoms with Crippen molar-refractivity contribution in [2.45, 2.75) is 52.7 Å². The Morgan fingerprint density at radius 1 is 1.12 bits per heavy atom. The summed E-state index contributed by atoms with van der Waals surface area (Å²) in [6, 6.07) is 11.3. The first-order chi connectivity index (χ1) is 15.8. The standard InChI is InChI=1S/C24H31BrClN3O4S/c1-6-17(3)27-24(31)18(4)28(14-19-8-10-20(25)11-9-19)23(30)15-29(34(5,32)33)21-12-7-16(2)22(26)13-21/h7-13,17-18H,6,14-15H2,1-5H3,(H,27,31)/t17-,18+/m0/s1. The number of hydrogen-bond acceptors (Lipinski definition) is 4. The summed E-state index contributed by atoms with van der Waals surface area (Å²) in [7, 11) is -3.80. The fourth-order valence-electron chi connectivity index (χ4n) is 3.19. The number of amides is 2. The molecule has 0 heterocycles. The fraction of sp³-hybridized carbons (Fsp3) is 0.417. The third-order valence-electron chi connectivity index (χ3n) is 5.56. The number of anilines is 1. The predicted molar refractivity (Wildman–Crippen MR) is 140 cm³/mol. The van der Waals surface area contributed by atoms with Crippen molar-refractivity contribution in [3.05, 3.63) is 63.1 Å². The topological polar surface area (TPSA) is 86.8 Å². The average Bonchev–Trinajstić information content (AvgIpc) is 2.77. The Labute approximate surface area is 215 Å². The molecule has 0 saturated carbocycles. The number of sulfonamides is 1. The summed E-state index contributed by atoms with van der Waals surface area (Å²) >= 11 is 9.60. The second-order valence-corrected chi connectivity index (χ2v) is 11.6. The van der Waals surface area contributed by atoms with Crippen LogP contribution in [0.5, 0.6) is 0 Å². The minimum absolute atomic E-state index is 0.0539. The summed E-state index contributed by atoms with van der Waals surface area (Å²) in [6.07, 6.45) is 1.78. The maximum atomic E-state index is 13.5. The van der Waals surface area contributed by atoms with Crippen molar-refractivity contribution in [1.82, 2.24) is 10.2 Å². The Kier molecular flexibility index (Phi) is 9.96. The number of nitrogens with zero attached hydrogens (tertiary/aromatic N) is 2. The van der Waals surface area contributed by atoms with Crippen LogP contribution in [0.3, 0.4) is 0 Å². The van der Waals surface area contributed by atoms with Crippen molar-refractivity contribution >= 4 is 55.1 Å². The van der Waals surface area contributed by atoms with Crippen LogP contribution >= 0.6 is 27.5 Å². The van der Waals surface area contributed by atoms with E-state index < -0.39 is 28.5 Å². The second kappa shape index (κ2) is 12.0. The zero-order valence-corrected chi connectivity index (χ0v) is 23.2. The normalized spacial score (nSPS) is 13.1. The van der Waals surface area contributed by atoms with Crippen LogP contribution in [0.25, 0.3) is 0 Å². The van der Waals surface area contributed by atoms with E-state index in [2.05, 4.69) is 21.2 Å². The molecule has 0 aliphatic rings. The number of carbonyl (C=O) groups is 2. The quantitative estimate of drug-likeness (QED) is 0.454. The smallest absolute Gasteiger partial charge is 0.244 e. The summed E-state index contributed by atoms with van der Waals surface area (Å²) in [4.78, 5) is 27.8. The molecule has 1 N–H and O–H groups in total. The Hall–Kier alpha value is -2.10. The molecule has 10 heteroatoms. The van der Waals surface area contributed by atoms with Gasteiger partial charge in [-0.25, -0.2) is 8.42 Å². The number of rotatable bonds is 10. The summed E-state index contributed by atoms with van der Waals surface area (Å²) in [5, 5.41) is 3.29. The van der Waals surface area contributed by atoms with Gasteiger partial charge < -0.3 is 10.2 Å². The van der Waals surface area contributed by atoms with Crippen molar-refractivity contribution in [3.8, 4) is 0 Å². The number of nitrogens with one attached hydrogen (secondary N) is 1. The third kappa shape index (κ3) is 7.71. The summed E-state index contributed by atoms with van der Waals surface area (Å²) in [6.45, 7) is 6.97. The van der Waals surface area contributed by atoms with Crippen molar-refractivity contribution in [2.24, 2.45) is 0 Å². The van der Waals surface area contributed by atoms with E-state index in [1.165, 1.54) is 11.0 Å². The van der Waals surface area contributed by atoms with Gasteiger partial charge in [0.2, 0.25) is 21.8 Å². The fourth-order valence-corrected chi connectivity index (χ4v) is 4.47. The van der Waals surface area contributed by atoms with E-state index in [0.29, 0.717) is 5.02 Å². The van der Waals surface area contributed by atoms with Crippen molar-refractivity contribution in [1.29, 1.82) is 0 Å². The largest absolute Gasteiger partial charge is 0.352 e. The molecule has 2 amide bonds. The van der Waals surface area contributed by atoms with Gasteiger partial charge in [-0.05, 0) is 62.6 Å². The molecule has 0 aliphatic carbocycles. The maximum absolute atomic E-state index is 13.5. The van der Waals surface area contributed by atoms with Crippen molar-refractivity contribution in [3.63, 3.8) is 0 Å². The van der Waals surface area contributed by atoms with Crippen LogP contribution in [0, 0.1) is 6.92 Å². The Bertz CT molecular complexity index is 1130. The third-order valence-corrected chi connectivity index (χ3v) is 7.63. The van der Waals surface area contributed by atoms with E-state index in [1.807, 2.05) is 38.1 Å². The molecular formula is C24H31BrClN3O4S. The summed E-state index contributed by atoms with van der Waals surface area (Å²) < 4.78 is 27.1. The van der Waals surface area contributed by atoms with Crippen LogP contribution in [0.2, 0.25) is 5.02 Å². The van der Waals surface area contributed by atoms with Crippen molar-refractivity contribution < 1.29 is 18.0 Å². The van der Waals surface area contributed by atoms with Gasteiger partial charge in [-0.2, -0.15) is 0 Å². The van der Waals surface area contributed by atoms with E-state index in [0.717, 1.165) is 32.6 Å². The zero-order chi connectivity index (χ0) is 25.6. The summed E-state index contributed by atoms with van der Waals surface area (Å²) in [5.41, 5.74) is 1.88. The van der Waals surface area contributed by atoms with E-state index in [1.54, 1.807) is 26.0 Å². The van der Waals surface area contributed by atoms with Gasteiger partial charge in [-0.15, -0.1) is 0 Å². The lowest BCUT2D eigenvalue weighted by Crippen LogP contribution is -2.52. The first-order valence-electron chi connectivity index (χ1n) is 10.9. The van der Waals surface area contributed by atoms with Crippen LogP contribution in [0.4, 0.5) is 5.69 Å². The van der Waals surface area contributed by atoms with Crippen LogP contribution in [0.1, 0.15) is 38.3 Å². The molecule has 0 radical (unpaired) electrons. The van der Waals surface area contributed by atoms with Gasteiger partial charge in [-0.1, -0.05) is 52.7 Å². The number of aryl methyl sites for hydroxylation is 1. The molecule has 186 valence electrons. The minimum Gasteiger partial charge on any atom is -0.352 e. The van der Waals surface area contributed by atoms with Gasteiger partial charge in [-0.3, -0.25) is 13.9 Å². The zero-order valence-electron chi connectivity index (χ0n) is 20.0. The molecule has 2 aromatic rings. The lowest BCUT2D eigenvalue weighted by Gasteiger charge is -2.32. The molecule has 34 heavy (non-hydrogen) atoms. The molecule has 2 aromatic carbocycles. The minimum atomic E-state index is -3.80. The predicted octanol–water partition coefficient (Wildman–Crippen LogP) is 4.51. The van der Waals surface area contributed by atoms with E-state index in [-0.39, 0.29) is 24.2 Å². The molecule has 0 bridgehead atoms. The first-order valence-corrected chi connectivity index (χ1v) is 13.9. The number of hydrogen-bond donors (Lipinski definition) is 1. The molecule has 2 atom stereocenters. The summed E-state index contributed by atoms with van der Waals surface area (Å²) in [5.74, 6) is -0.805. The monoisotopic (exact) mass is 571 g/mol. The molecule has 0 spiro atoms.